The van der Waals surface area contributed by atoms with Gasteiger partial charge in [-0.05, 0) is 37.3 Å². The third-order valence-electron chi connectivity index (χ3n) is 3.62. The van der Waals surface area contributed by atoms with Gasteiger partial charge in [0.1, 0.15) is 5.82 Å². The molecule has 1 aromatic carbocycles. The molecule has 0 saturated heterocycles. The molecule has 0 aliphatic rings. The Morgan fingerprint density at radius 3 is 2.33 bits per heavy atom. The van der Waals surface area contributed by atoms with E-state index < -0.39 is 0 Å². The van der Waals surface area contributed by atoms with Crippen molar-refractivity contribution in [3.63, 3.8) is 0 Å². The van der Waals surface area contributed by atoms with Gasteiger partial charge in [-0.3, -0.25) is 0 Å². The number of hydrogen-bond donors (Lipinski definition) is 1. The fraction of sp³-hybridized carbons (Fsp3) is 0.200. The molecular formula is C15H17N3. The quantitative estimate of drug-likeness (QED) is 0.696. The monoisotopic (exact) mass is 239 g/mol. The normalized spacial score (nSPS) is 11.3. The highest BCUT2D eigenvalue weighted by atomic mass is 15.1. The Labute approximate surface area is 106 Å². The van der Waals surface area contributed by atoms with Crippen molar-refractivity contribution in [2.75, 3.05) is 5.73 Å². The summed E-state index contributed by atoms with van der Waals surface area (Å²) < 4.78 is 4.23. The Morgan fingerprint density at radius 1 is 0.889 bits per heavy atom. The molecule has 0 aliphatic heterocycles. The minimum Gasteiger partial charge on any atom is -0.385 e. The zero-order valence-electron chi connectivity index (χ0n) is 10.9. The number of aryl methyl sites for hydroxylation is 2. The van der Waals surface area contributed by atoms with Crippen LogP contribution in [0.1, 0.15) is 5.56 Å². The standard InChI is InChI=1S/C15H17N3/c1-10-4-5-12-11(8-10)9-14(17(12)2)13-6-7-15(16)18(13)3/h4-9H,16H2,1-3H3. The van der Waals surface area contributed by atoms with Crippen LogP contribution in [0.2, 0.25) is 0 Å². The summed E-state index contributed by atoms with van der Waals surface area (Å²) in [7, 11) is 4.09. The average Bonchev–Trinajstić information content (AvgIpc) is 2.82. The van der Waals surface area contributed by atoms with Gasteiger partial charge in [0.25, 0.3) is 0 Å². The molecular weight excluding hydrogens is 222 g/mol. The van der Waals surface area contributed by atoms with Gasteiger partial charge in [0.15, 0.2) is 0 Å². The minimum absolute atomic E-state index is 0.784. The second-order valence-corrected chi connectivity index (χ2v) is 4.85. The number of nitrogen functional groups attached to an aromatic ring is 1. The first kappa shape index (κ1) is 11.0. The zero-order valence-corrected chi connectivity index (χ0v) is 10.9. The van der Waals surface area contributed by atoms with E-state index in [-0.39, 0.29) is 0 Å². The molecule has 2 N–H and O–H groups in total. The average molecular weight is 239 g/mol. The van der Waals surface area contributed by atoms with Gasteiger partial charge in [-0.1, -0.05) is 11.6 Å². The van der Waals surface area contributed by atoms with Gasteiger partial charge in [-0.25, -0.2) is 0 Å². The van der Waals surface area contributed by atoms with E-state index in [1.54, 1.807) is 0 Å². The van der Waals surface area contributed by atoms with E-state index in [1.165, 1.54) is 22.2 Å². The van der Waals surface area contributed by atoms with Crippen LogP contribution in [0.4, 0.5) is 5.82 Å². The topological polar surface area (TPSA) is 35.9 Å². The van der Waals surface area contributed by atoms with Crippen LogP contribution < -0.4 is 5.73 Å². The van der Waals surface area contributed by atoms with Gasteiger partial charge >= 0.3 is 0 Å². The van der Waals surface area contributed by atoms with E-state index in [2.05, 4.69) is 48.9 Å². The number of hydrogen-bond acceptors (Lipinski definition) is 1. The molecule has 0 saturated carbocycles. The highest BCUT2D eigenvalue weighted by Crippen LogP contribution is 2.29. The van der Waals surface area contributed by atoms with Gasteiger partial charge in [0, 0.05) is 25.0 Å². The first-order chi connectivity index (χ1) is 8.58. The molecule has 0 aliphatic carbocycles. The molecule has 2 heterocycles. The third kappa shape index (κ3) is 1.44. The molecule has 18 heavy (non-hydrogen) atoms. The molecule has 0 unspecified atom stereocenters. The molecule has 0 fully saturated rings. The number of rotatable bonds is 1. The van der Waals surface area contributed by atoms with E-state index >= 15 is 0 Å². The molecule has 92 valence electrons. The van der Waals surface area contributed by atoms with Crippen molar-refractivity contribution in [1.82, 2.24) is 9.13 Å². The molecule has 0 spiro atoms. The number of aromatic nitrogens is 2. The maximum absolute atomic E-state index is 5.90. The van der Waals surface area contributed by atoms with Crippen LogP contribution in [0.3, 0.4) is 0 Å². The molecule has 0 atom stereocenters. The van der Waals surface area contributed by atoms with E-state index in [0.29, 0.717) is 0 Å². The second-order valence-electron chi connectivity index (χ2n) is 4.85. The van der Waals surface area contributed by atoms with Gasteiger partial charge in [0.05, 0.1) is 11.4 Å². The molecule has 0 amide bonds. The zero-order chi connectivity index (χ0) is 12.9. The maximum Gasteiger partial charge on any atom is 0.103 e. The summed E-state index contributed by atoms with van der Waals surface area (Å²) in [6, 6.07) is 12.8. The number of nitrogens with two attached hydrogens (primary N) is 1. The van der Waals surface area contributed by atoms with E-state index in [0.717, 1.165) is 11.5 Å². The Kier molecular flexibility index (Phi) is 2.23. The number of anilines is 1. The second kappa shape index (κ2) is 3.67. The summed E-state index contributed by atoms with van der Waals surface area (Å²) in [5.74, 6) is 0.784. The summed E-state index contributed by atoms with van der Waals surface area (Å²) in [4.78, 5) is 0. The summed E-state index contributed by atoms with van der Waals surface area (Å²) in [5, 5.41) is 1.27. The van der Waals surface area contributed by atoms with Crippen LogP contribution >= 0.6 is 0 Å². The highest BCUT2D eigenvalue weighted by Gasteiger charge is 2.11. The van der Waals surface area contributed by atoms with Crippen molar-refractivity contribution in [2.24, 2.45) is 14.1 Å². The fourth-order valence-electron chi connectivity index (χ4n) is 2.50. The van der Waals surface area contributed by atoms with Crippen molar-refractivity contribution in [1.29, 1.82) is 0 Å². The SMILES string of the molecule is Cc1ccc2c(c1)cc(-c1ccc(N)n1C)n2C. The van der Waals surface area contributed by atoms with Gasteiger partial charge in [-0.2, -0.15) is 0 Å². The lowest BCUT2D eigenvalue weighted by Gasteiger charge is -2.06. The lowest BCUT2D eigenvalue weighted by Crippen LogP contribution is -2.00. The van der Waals surface area contributed by atoms with Crippen molar-refractivity contribution in [3.05, 3.63) is 42.0 Å². The predicted octanol–water partition coefficient (Wildman–Crippen LogP) is 3.07. The number of nitrogens with zero attached hydrogens (tertiary/aromatic N) is 2. The minimum atomic E-state index is 0.784. The smallest absolute Gasteiger partial charge is 0.103 e. The van der Waals surface area contributed by atoms with Gasteiger partial charge in [0.2, 0.25) is 0 Å². The summed E-state index contributed by atoms with van der Waals surface area (Å²) in [6.45, 7) is 2.12. The molecule has 3 nitrogen and oxygen atoms in total. The van der Waals surface area contributed by atoms with E-state index in [4.69, 9.17) is 5.73 Å². The molecule has 2 aromatic heterocycles. The molecule has 0 radical (unpaired) electrons. The van der Waals surface area contributed by atoms with Crippen LogP contribution in [-0.2, 0) is 14.1 Å². The van der Waals surface area contributed by atoms with Gasteiger partial charge in [-0.15, -0.1) is 0 Å². The van der Waals surface area contributed by atoms with E-state index in [1.807, 2.05) is 17.7 Å². The van der Waals surface area contributed by atoms with Crippen molar-refractivity contribution >= 4 is 16.7 Å². The Morgan fingerprint density at radius 2 is 1.67 bits per heavy atom. The number of benzene rings is 1. The Balaban J connectivity index is 2.30. The first-order valence-corrected chi connectivity index (χ1v) is 6.05. The molecule has 3 aromatic rings. The Hall–Kier alpha value is -2.16. The van der Waals surface area contributed by atoms with Crippen LogP contribution in [0, 0.1) is 6.92 Å². The van der Waals surface area contributed by atoms with E-state index in [9.17, 15) is 0 Å². The van der Waals surface area contributed by atoms with Gasteiger partial charge < -0.3 is 14.9 Å². The Bertz CT molecular complexity index is 732. The molecule has 0 bridgehead atoms. The lowest BCUT2D eigenvalue weighted by molar-refractivity contribution is 0.909. The fourth-order valence-corrected chi connectivity index (χ4v) is 2.50. The van der Waals surface area contributed by atoms with Crippen molar-refractivity contribution < 1.29 is 0 Å². The highest BCUT2D eigenvalue weighted by molar-refractivity contribution is 5.87. The van der Waals surface area contributed by atoms with Crippen LogP contribution in [0.25, 0.3) is 22.3 Å². The maximum atomic E-state index is 5.90. The van der Waals surface area contributed by atoms with Crippen LogP contribution in [0.5, 0.6) is 0 Å². The predicted molar refractivity (Wildman–Crippen MR) is 76.5 cm³/mol. The largest absolute Gasteiger partial charge is 0.385 e. The van der Waals surface area contributed by atoms with Crippen LogP contribution in [0.15, 0.2) is 36.4 Å². The third-order valence-corrected chi connectivity index (χ3v) is 3.62. The molecule has 3 rings (SSSR count). The summed E-state index contributed by atoms with van der Waals surface area (Å²) >= 11 is 0. The summed E-state index contributed by atoms with van der Waals surface area (Å²) in [5.41, 5.74) is 10.8. The molecule has 3 heteroatoms. The van der Waals surface area contributed by atoms with Crippen LogP contribution in [-0.4, -0.2) is 9.13 Å². The first-order valence-electron chi connectivity index (χ1n) is 6.05. The number of fused-ring (bicyclic) bond motifs is 1. The summed E-state index contributed by atoms with van der Waals surface area (Å²) in [6.07, 6.45) is 0. The lowest BCUT2D eigenvalue weighted by atomic mass is 10.2. The van der Waals surface area contributed by atoms with Crippen molar-refractivity contribution in [3.8, 4) is 11.4 Å². The van der Waals surface area contributed by atoms with Crippen molar-refractivity contribution in [2.45, 2.75) is 6.92 Å².